The van der Waals surface area contributed by atoms with Crippen LogP contribution in [0.3, 0.4) is 0 Å². The minimum atomic E-state index is 0.661. The molecule has 2 aromatic rings. The SMILES string of the molecule is CCCCCCCCOC[n+]1cn(CCCC)c2ccccc21. The molecule has 0 fully saturated rings. The minimum absolute atomic E-state index is 0.661. The molecular weight excluding hydrogens is 284 g/mol. The number of unbranched alkanes of at least 4 members (excludes halogenated alkanes) is 6. The lowest BCUT2D eigenvalue weighted by Crippen LogP contribution is -2.34. The fourth-order valence-electron chi connectivity index (χ4n) is 3.00. The van der Waals surface area contributed by atoms with Crippen LogP contribution in [0.4, 0.5) is 0 Å². The highest BCUT2D eigenvalue weighted by atomic mass is 16.5. The molecule has 0 aliphatic rings. The molecule has 1 aromatic carbocycles. The summed E-state index contributed by atoms with van der Waals surface area (Å²) in [6.07, 6.45) is 12.5. The van der Waals surface area contributed by atoms with Crippen molar-refractivity contribution in [3.05, 3.63) is 30.6 Å². The maximum absolute atomic E-state index is 5.90. The van der Waals surface area contributed by atoms with E-state index in [1.807, 2.05) is 0 Å². The molecule has 0 amide bonds. The Bertz CT molecular complexity index is 562. The Labute approximate surface area is 141 Å². The van der Waals surface area contributed by atoms with Gasteiger partial charge in [-0.05, 0) is 25.0 Å². The predicted octanol–water partition coefficient (Wildman–Crippen LogP) is 5.06. The molecule has 3 nitrogen and oxygen atoms in total. The Balaban J connectivity index is 1.80. The van der Waals surface area contributed by atoms with Crippen LogP contribution in [-0.4, -0.2) is 11.2 Å². The molecule has 0 atom stereocenters. The van der Waals surface area contributed by atoms with Crippen molar-refractivity contribution in [2.24, 2.45) is 0 Å². The van der Waals surface area contributed by atoms with Gasteiger partial charge in [0, 0.05) is 0 Å². The van der Waals surface area contributed by atoms with Gasteiger partial charge in [-0.15, -0.1) is 0 Å². The average molecular weight is 317 g/mol. The van der Waals surface area contributed by atoms with E-state index in [1.165, 1.54) is 62.4 Å². The normalized spacial score (nSPS) is 11.4. The topological polar surface area (TPSA) is 18.0 Å². The molecule has 0 radical (unpaired) electrons. The first-order valence-corrected chi connectivity index (χ1v) is 9.41. The van der Waals surface area contributed by atoms with Crippen LogP contribution in [0.1, 0.15) is 65.2 Å². The van der Waals surface area contributed by atoms with E-state index in [1.54, 1.807) is 0 Å². The van der Waals surface area contributed by atoms with Crippen molar-refractivity contribution < 1.29 is 9.30 Å². The maximum atomic E-state index is 5.90. The second-order valence-corrected chi connectivity index (χ2v) is 6.43. The highest BCUT2D eigenvalue weighted by Gasteiger charge is 2.14. The molecule has 1 heterocycles. The fraction of sp³-hybridized carbons (Fsp3) is 0.650. The quantitative estimate of drug-likeness (QED) is 0.395. The van der Waals surface area contributed by atoms with Gasteiger partial charge in [-0.2, -0.15) is 0 Å². The third-order valence-electron chi connectivity index (χ3n) is 4.40. The van der Waals surface area contributed by atoms with Crippen LogP contribution in [0, 0.1) is 0 Å². The molecule has 0 spiro atoms. The molecule has 3 heteroatoms. The van der Waals surface area contributed by atoms with Gasteiger partial charge in [0.2, 0.25) is 6.33 Å². The van der Waals surface area contributed by atoms with Crippen LogP contribution in [0.5, 0.6) is 0 Å². The Kier molecular flexibility index (Phi) is 8.16. The zero-order valence-electron chi connectivity index (χ0n) is 15.0. The molecule has 0 N–H and O–H groups in total. The highest BCUT2D eigenvalue weighted by Crippen LogP contribution is 2.12. The number of rotatable bonds is 12. The summed E-state index contributed by atoms with van der Waals surface area (Å²) in [6.45, 7) is 7.12. The van der Waals surface area contributed by atoms with Crippen LogP contribution < -0.4 is 4.57 Å². The average Bonchev–Trinajstić information content (AvgIpc) is 2.93. The van der Waals surface area contributed by atoms with Crippen LogP contribution in [-0.2, 0) is 18.0 Å². The molecule has 0 saturated heterocycles. The number of nitrogens with zero attached hydrogens (tertiary/aromatic N) is 2. The summed E-state index contributed by atoms with van der Waals surface area (Å²) in [5.74, 6) is 0. The van der Waals surface area contributed by atoms with Gasteiger partial charge in [0.15, 0.2) is 17.8 Å². The first-order chi connectivity index (χ1) is 11.4. The summed E-state index contributed by atoms with van der Waals surface area (Å²) in [5, 5.41) is 0. The first kappa shape index (κ1) is 18.0. The third-order valence-corrected chi connectivity index (χ3v) is 4.40. The molecule has 0 unspecified atom stereocenters. The van der Waals surface area contributed by atoms with E-state index in [2.05, 4.69) is 53.6 Å². The van der Waals surface area contributed by atoms with Gasteiger partial charge in [-0.3, -0.25) is 0 Å². The van der Waals surface area contributed by atoms with E-state index in [9.17, 15) is 0 Å². The van der Waals surface area contributed by atoms with Gasteiger partial charge in [-0.1, -0.05) is 64.5 Å². The fourth-order valence-corrected chi connectivity index (χ4v) is 3.00. The number of benzene rings is 1. The number of hydrogen-bond donors (Lipinski definition) is 0. The summed E-state index contributed by atoms with van der Waals surface area (Å²) in [7, 11) is 0. The smallest absolute Gasteiger partial charge is 0.246 e. The summed E-state index contributed by atoms with van der Waals surface area (Å²) >= 11 is 0. The standard InChI is InChI=1S/C20H33N2O/c1-3-5-7-8-9-12-16-23-18-22-17-21(15-6-4-2)19-13-10-11-14-20(19)22/h10-11,13-14,17H,3-9,12,15-16,18H2,1-2H3/q+1. The van der Waals surface area contributed by atoms with Crippen molar-refractivity contribution in [1.29, 1.82) is 0 Å². The first-order valence-electron chi connectivity index (χ1n) is 9.41. The lowest BCUT2D eigenvalue weighted by molar-refractivity contribution is -0.710. The van der Waals surface area contributed by atoms with Crippen LogP contribution >= 0.6 is 0 Å². The number of para-hydroxylation sites is 2. The van der Waals surface area contributed by atoms with Crippen LogP contribution in [0.15, 0.2) is 30.6 Å². The summed E-state index contributed by atoms with van der Waals surface area (Å²) in [6, 6.07) is 8.62. The van der Waals surface area contributed by atoms with Gasteiger partial charge < -0.3 is 4.74 Å². The lowest BCUT2D eigenvalue weighted by Gasteiger charge is -2.02. The molecule has 0 aliphatic heterocycles. The van der Waals surface area contributed by atoms with Gasteiger partial charge in [0.05, 0.1) is 13.2 Å². The van der Waals surface area contributed by atoms with E-state index in [0.717, 1.165) is 13.2 Å². The third kappa shape index (κ3) is 5.65. The predicted molar refractivity (Wildman–Crippen MR) is 96.4 cm³/mol. The van der Waals surface area contributed by atoms with E-state index in [0.29, 0.717) is 6.73 Å². The molecule has 23 heavy (non-hydrogen) atoms. The van der Waals surface area contributed by atoms with E-state index < -0.39 is 0 Å². The molecule has 0 aliphatic carbocycles. The molecular formula is C20H33N2O+. The monoisotopic (exact) mass is 317 g/mol. The van der Waals surface area contributed by atoms with Gasteiger partial charge in [0.1, 0.15) is 0 Å². The number of hydrogen-bond acceptors (Lipinski definition) is 1. The molecule has 1 aromatic heterocycles. The van der Waals surface area contributed by atoms with Gasteiger partial charge >= 0.3 is 0 Å². The van der Waals surface area contributed by atoms with Crippen molar-refractivity contribution in [3.8, 4) is 0 Å². The zero-order valence-corrected chi connectivity index (χ0v) is 15.0. The highest BCUT2D eigenvalue weighted by molar-refractivity contribution is 5.71. The number of imidazole rings is 1. The van der Waals surface area contributed by atoms with Crippen molar-refractivity contribution in [1.82, 2.24) is 4.57 Å². The zero-order chi connectivity index (χ0) is 16.3. The summed E-state index contributed by atoms with van der Waals surface area (Å²) in [5.41, 5.74) is 2.58. The molecule has 2 rings (SSSR count). The number of fused-ring (bicyclic) bond motifs is 1. The maximum Gasteiger partial charge on any atom is 0.246 e. The van der Waals surface area contributed by atoms with Crippen molar-refractivity contribution in [2.75, 3.05) is 6.61 Å². The Hall–Kier alpha value is -1.35. The second kappa shape index (κ2) is 10.4. The lowest BCUT2D eigenvalue weighted by atomic mass is 10.1. The van der Waals surface area contributed by atoms with Crippen molar-refractivity contribution in [2.45, 2.75) is 78.5 Å². The largest absolute Gasteiger partial charge is 0.342 e. The Morgan fingerprint density at radius 1 is 0.913 bits per heavy atom. The molecule has 0 bridgehead atoms. The number of aryl methyl sites for hydroxylation is 1. The Morgan fingerprint density at radius 3 is 2.48 bits per heavy atom. The van der Waals surface area contributed by atoms with Crippen LogP contribution in [0.2, 0.25) is 0 Å². The number of aromatic nitrogens is 2. The van der Waals surface area contributed by atoms with Crippen LogP contribution in [0.25, 0.3) is 11.0 Å². The second-order valence-electron chi connectivity index (χ2n) is 6.43. The molecule has 128 valence electrons. The van der Waals surface area contributed by atoms with E-state index >= 15 is 0 Å². The van der Waals surface area contributed by atoms with E-state index in [-0.39, 0.29) is 0 Å². The van der Waals surface area contributed by atoms with E-state index in [4.69, 9.17) is 4.74 Å². The number of ether oxygens (including phenoxy) is 1. The minimum Gasteiger partial charge on any atom is -0.342 e. The van der Waals surface area contributed by atoms with Crippen molar-refractivity contribution >= 4 is 11.0 Å². The van der Waals surface area contributed by atoms with Crippen molar-refractivity contribution in [3.63, 3.8) is 0 Å². The molecule has 0 saturated carbocycles. The summed E-state index contributed by atoms with van der Waals surface area (Å²) < 4.78 is 10.5. The van der Waals surface area contributed by atoms with Gasteiger partial charge in [0.25, 0.3) is 0 Å². The van der Waals surface area contributed by atoms with Gasteiger partial charge in [-0.25, -0.2) is 9.13 Å². The Morgan fingerprint density at radius 2 is 1.65 bits per heavy atom. The summed E-state index contributed by atoms with van der Waals surface area (Å²) in [4.78, 5) is 0.